The molecule has 0 spiro atoms. The molecule has 0 bridgehead atoms. The van der Waals surface area contributed by atoms with Crippen LogP contribution in [-0.4, -0.2) is 30.1 Å². The number of amides is 1. The first-order chi connectivity index (χ1) is 10.0. The van der Waals surface area contributed by atoms with Gasteiger partial charge in [0.1, 0.15) is 5.75 Å². The second kappa shape index (κ2) is 6.61. The average Bonchev–Trinajstić information content (AvgIpc) is 2.89. The van der Waals surface area contributed by atoms with Gasteiger partial charge in [-0.25, -0.2) is 0 Å². The Balaban J connectivity index is 1.97. The van der Waals surface area contributed by atoms with Crippen LogP contribution in [0.4, 0.5) is 0 Å². The summed E-state index contributed by atoms with van der Waals surface area (Å²) in [6.45, 7) is 1.94. The fourth-order valence-electron chi connectivity index (χ4n) is 2.85. The molecule has 1 fully saturated rings. The van der Waals surface area contributed by atoms with Crippen LogP contribution in [0, 0.1) is 12.8 Å². The maximum atomic E-state index is 12.1. The van der Waals surface area contributed by atoms with E-state index in [1.807, 2.05) is 25.1 Å². The highest BCUT2D eigenvalue weighted by Gasteiger charge is 2.33. The zero-order valence-corrected chi connectivity index (χ0v) is 12.4. The topological polar surface area (TPSA) is 75.6 Å². The van der Waals surface area contributed by atoms with Gasteiger partial charge in [0.25, 0.3) is 0 Å². The number of carboxylic acid groups (broad SMARTS) is 1. The van der Waals surface area contributed by atoms with Gasteiger partial charge in [-0.3, -0.25) is 9.59 Å². The van der Waals surface area contributed by atoms with Gasteiger partial charge in [0.15, 0.2) is 0 Å². The van der Waals surface area contributed by atoms with E-state index >= 15 is 0 Å². The summed E-state index contributed by atoms with van der Waals surface area (Å²) in [6, 6.07) is 5.40. The number of nitrogens with one attached hydrogen (secondary N) is 1. The predicted octanol–water partition coefficient (Wildman–Crippen LogP) is 1.92. The first kappa shape index (κ1) is 15.4. The van der Waals surface area contributed by atoms with Crippen molar-refractivity contribution >= 4 is 11.9 Å². The first-order valence-corrected chi connectivity index (χ1v) is 7.17. The van der Waals surface area contributed by atoms with Crippen LogP contribution in [0.5, 0.6) is 5.75 Å². The van der Waals surface area contributed by atoms with Crippen LogP contribution in [0.25, 0.3) is 0 Å². The van der Waals surface area contributed by atoms with E-state index in [-0.39, 0.29) is 18.4 Å². The summed E-state index contributed by atoms with van der Waals surface area (Å²) in [6.07, 6.45) is 2.46. The number of aryl methyl sites for hydroxylation is 1. The molecule has 1 amide bonds. The third-order valence-corrected chi connectivity index (χ3v) is 4.02. The fourth-order valence-corrected chi connectivity index (χ4v) is 2.85. The number of rotatable bonds is 5. The molecular formula is C16H21NO4. The Bertz CT molecular complexity index is 541. The smallest absolute Gasteiger partial charge is 0.308 e. The van der Waals surface area contributed by atoms with Crippen molar-refractivity contribution < 1.29 is 19.4 Å². The molecule has 1 saturated carbocycles. The minimum absolute atomic E-state index is 0.140. The van der Waals surface area contributed by atoms with Gasteiger partial charge in [0.05, 0.1) is 19.4 Å². The number of ether oxygens (including phenoxy) is 1. The van der Waals surface area contributed by atoms with Gasteiger partial charge in [-0.1, -0.05) is 18.6 Å². The Morgan fingerprint density at radius 3 is 2.81 bits per heavy atom. The van der Waals surface area contributed by atoms with E-state index in [9.17, 15) is 9.59 Å². The maximum absolute atomic E-state index is 12.1. The third-order valence-electron chi connectivity index (χ3n) is 4.02. The average molecular weight is 291 g/mol. The summed E-state index contributed by atoms with van der Waals surface area (Å²) in [5.41, 5.74) is 1.88. The summed E-state index contributed by atoms with van der Waals surface area (Å²) in [5, 5.41) is 12.0. The molecule has 1 aliphatic carbocycles. The zero-order valence-electron chi connectivity index (χ0n) is 12.4. The van der Waals surface area contributed by atoms with Crippen LogP contribution < -0.4 is 10.1 Å². The van der Waals surface area contributed by atoms with Crippen LogP contribution in [0.2, 0.25) is 0 Å². The molecule has 114 valence electrons. The Labute approximate surface area is 124 Å². The lowest BCUT2D eigenvalue weighted by atomic mass is 10.0. The lowest BCUT2D eigenvalue weighted by Crippen LogP contribution is -2.40. The fraction of sp³-hybridized carbons (Fsp3) is 0.500. The van der Waals surface area contributed by atoms with Crippen molar-refractivity contribution in [2.24, 2.45) is 5.92 Å². The quantitative estimate of drug-likeness (QED) is 0.869. The number of carbonyl (C=O) groups excluding carboxylic acids is 1. The zero-order chi connectivity index (χ0) is 15.4. The number of hydrogen-bond acceptors (Lipinski definition) is 3. The van der Waals surface area contributed by atoms with Gasteiger partial charge >= 0.3 is 5.97 Å². The molecule has 21 heavy (non-hydrogen) atoms. The summed E-state index contributed by atoms with van der Waals surface area (Å²) in [5.74, 6) is -0.667. The third kappa shape index (κ3) is 3.74. The van der Waals surface area contributed by atoms with Crippen molar-refractivity contribution in [3.05, 3.63) is 29.3 Å². The van der Waals surface area contributed by atoms with Gasteiger partial charge in [-0.05, 0) is 37.0 Å². The monoisotopic (exact) mass is 291 g/mol. The highest BCUT2D eigenvalue weighted by atomic mass is 16.5. The number of benzene rings is 1. The molecule has 1 aromatic rings. The lowest BCUT2D eigenvalue weighted by Gasteiger charge is -2.17. The predicted molar refractivity (Wildman–Crippen MR) is 78.3 cm³/mol. The van der Waals surface area contributed by atoms with E-state index in [1.54, 1.807) is 7.11 Å². The summed E-state index contributed by atoms with van der Waals surface area (Å²) < 4.78 is 5.24. The molecule has 5 heteroatoms. The van der Waals surface area contributed by atoms with E-state index in [4.69, 9.17) is 9.84 Å². The van der Waals surface area contributed by atoms with Gasteiger partial charge in [0, 0.05) is 6.04 Å². The minimum atomic E-state index is -0.824. The molecule has 2 N–H and O–H groups in total. The highest BCUT2D eigenvalue weighted by molar-refractivity contribution is 5.80. The van der Waals surface area contributed by atoms with Gasteiger partial charge in [0.2, 0.25) is 5.91 Å². The van der Waals surface area contributed by atoms with Gasteiger partial charge in [-0.15, -0.1) is 0 Å². The van der Waals surface area contributed by atoms with E-state index in [1.165, 1.54) is 0 Å². The molecular weight excluding hydrogens is 270 g/mol. The van der Waals surface area contributed by atoms with Crippen molar-refractivity contribution in [2.45, 2.75) is 38.6 Å². The largest absolute Gasteiger partial charge is 0.496 e. The van der Waals surface area contributed by atoms with E-state index in [0.717, 1.165) is 29.7 Å². The molecule has 0 saturated heterocycles. The van der Waals surface area contributed by atoms with Crippen molar-refractivity contribution in [1.29, 1.82) is 0 Å². The number of hydrogen-bond donors (Lipinski definition) is 2. The number of carbonyl (C=O) groups is 2. The molecule has 5 nitrogen and oxygen atoms in total. The van der Waals surface area contributed by atoms with Crippen LogP contribution in [0.3, 0.4) is 0 Å². The second-order valence-electron chi connectivity index (χ2n) is 5.53. The van der Waals surface area contributed by atoms with Crippen molar-refractivity contribution in [1.82, 2.24) is 5.32 Å². The number of aliphatic carboxylic acids is 1. The molecule has 0 heterocycles. The van der Waals surface area contributed by atoms with Crippen LogP contribution in [-0.2, 0) is 16.0 Å². The maximum Gasteiger partial charge on any atom is 0.308 e. The molecule has 0 aromatic heterocycles. The standard InChI is InChI=1S/C16H21NO4/c1-10-6-7-11(8-14(10)21-2)9-15(18)17-13-5-3-4-12(13)16(19)20/h6-8,12-13H,3-5,9H2,1-2H3,(H,17,18)(H,19,20). The Kier molecular flexibility index (Phi) is 4.83. The molecule has 0 aliphatic heterocycles. The lowest BCUT2D eigenvalue weighted by molar-refractivity contribution is -0.142. The van der Waals surface area contributed by atoms with Gasteiger partial charge < -0.3 is 15.2 Å². The Hall–Kier alpha value is -2.04. The molecule has 2 unspecified atom stereocenters. The molecule has 2 atom stereocenters. The Morgan fingerprint density at radius 2 is 2.14 bits per heavy atom. The minimum Gasteiger partial charge on any atom is -0.496 e. The van der Waals surface area contributed by atoms with Crippen molar-refractivity contribution in [3.63, 3.8) is 0 Å². The number of carboxylic acids is 1. The second-order valence-corrected chi connectivity index (χ2v) is 5.53. The van der Waals surface area contributed by atoms with E-state index in [0.29, 0.717) is 6.42 Å². The molecule has 1 aliphatic rings. The van der Waals surface area contributed by atoms with Crippen molar-refractivity contribution in [2.75, 3.05) is 7.11 Å². The normalized spacial score (nSPS) is 21.0. The number of methoxy groups -OCH3 is 1. The summed E-state index contributed by atoms with van der Waals surface area (Å²) >= 11 is 0. The van der Waals surface area contributed by atoms with Crippen LogP contribution in [0.1, 0.15) is 30.4 Å². The van der Waals surface area contributed by atoms with Crippen molar-refractivity contribution in [3.8, 4) is 5.75 Å². The Morgan fingerprint density at radius 1 is 1.38 bits per heavy atom. The van der Waals surface area contributed by atoms with Gasteiger partial charge in [-0.2, -0.15) is 0 Å². The van der Waals surface area contributed by atoms with Crippen LogP contribution >= 0.6 is 0 Å². The summed E-state index contributed by atoms with van der Waals surface area (Å²) in [7, 11) is 1.60. The van der Waals surface area contributed by atoms with E-state index < -0.39 is 11.9 Å². The SMILES string of the molecule is COc1cc(CC(=O)NC2CCCC2C(=O)O)ccc1C. The first-order valence-electron chi connectivity index (χ1n) is 7.17. The van der Waals surface area contributed by atoms with E-state index in [2.05, 4.69) is 5.32 Å². The molecule has 0 radical (unpaired) electrons. The molecule has 2 rings (SSSR count). The molecule has 1 aromatic carbocycles. The highest BCUT2D eigenvalue weighted by Crippen LogP contribution is 2.26. The summed E-state index contributed by atoms with van der Waals surface area (Å²) in [4.78, 5) is 23.2. The van der Waals surface area contributed by atoms with Crippen LogP contribution in [0.15, 0.2) is 18.2 Å².